The summed E-state index contributed by atoms with van der Waals surface area (Å²) in [4.78, 5) is 2.48. The summed E-state index contributed by atoms with van der Waals surface area (Å²) in [6, 6.07) is 4.03. The average molecular weight is 283 g/mol. The van der Waals surface area contributed by atoms with Crippen LogP contribution in [0.5, 0.6) is 5.75 Å². The van der Waals surface area contributed by atoms with Crippen molar-refractivity contribution in [2.75, 3.05) is 39.3 Å². The van der Waals surface area contributed by atoms with Crippen molar-refractivity contribution in [3.05, 3.63) is 28.3 Å². The second kappa shape index (κ2) is 7.13. The van der Waals surface area contributed by atoms with E-state index in [9.17, 15) is 0 Å². The first-order chi connectivity index (χ1) is 9.16. The molecule has 1 saturated heterocycles. The molecule has 0 saturated carbocycles. The van der Waals surface area contributed by atoms with Crippen LogP contribution in [0, 0.1) is 13.8 Å². The summed E-state index contributed by atoms with van der Waals surface area (Å²) < 4.78 is 5.81. The van der Waals surface area contributed by atoms with Gasteiger partial charge >= 0.3 is 0 Å². The molecule has 0 aromatic heterocycles. The Balaban J connectivity index is 1.73. The normalized spacial score (nSPS) is 16.6. The molecule has 0 unspecified atom stereocenters. The van der Waals surface area contributed by atoms with E-state index in [0.29, 0.717) is 0 Å². The quantitative estimate of drug-likeness (QED) is 0.841. The van der Waals surface area contributed by atoms with E-state index in [2.05, 4.69) is 10.2 Å². The van der Waals surface area contributed by atoms with Gasteiger partial charge in [0, 0.05) is 37.7 Å². The van der Waals surface area contributed by atoms with Crippen LogP contribution in [0.1, 0.15) is 17.5 Å². The van der Waals surface area contributed by atoms with Gasteiger partial charge in [-0.15, -0.1) is 0 Å². The van der Waals surface area contributed by atoms with Gasteiger partial charge in [0.2, 0.25) is 0 Å². The highest BCUT2D eigenvalue weighted by molar-refractivity contribution is 6.32. The number of piperazine rings is 1. The van der Waals surface area contributed by atoms with Gasteiger partial charge in [0.25, 0.3) is 0 Å². The maximum atomic E-state index is 6.14. The van der Waals surface area contributed by atoms with Crippen LogP contribution in [-0.2, 0) is 0 Å². The molecule has 0 amide bonds. The monoisotopic (exact) mass is 282 g/mol. The first-order valence-electron chi connectivity index (χ1n) is 6.99. The van der Waals surface area contributed by atoms with E-state index in [-0.39, 0.29) is 0 Å². The Morgan fingerprint density at radius 3 is 2.47 bits per heavy atom. The Labute approximate surface area is 120 Å². The Kier molecular flexibility index (Phi) is 5.49. The third-order valence-corrected chi connectivity index (χ3v) is 4.10. The summed E-state index contributed by atoms with van der Waals surface area (Å²) in [6.45, 7) is 10.4. The van der Waals surface area contributed by atoms with Crippen LogP contribution in [-0.4, -0.2) is 44.2 Å². The van der Waals surface area contributed by atoms with Gasteiger partial charge in [-0.05, 0) is 43.5 Å². The van der Waals surface area contributed by atoms with E-state index in [0.717, 1.165) is 67.7 Å². The van der Waals surface area contributed by atoms with Crippen molar-refractivity contribution in [2.45, 2.75) is 20.3 Å². The lowest BCUT2D eigenvalue weighted by atomic mass is 10.1. The van der Waals surface area contributed by atoms with E-state index in [1.54, 1.807) is 0 Å². The highest BCUT2D eigenvalue weighted by Gasteiger charge is 2.08. The number of aryl methyl sites for hydroxylation is 2. The molecule has 4 heteroatoms. The fraction of sp³-hybridized carbons (Fsp3) is 0.600. The van der Waals surface area contributed by atoms with Gasteiger partial charge in [0.05, 0.1) is 6.61 Å². The zero-order valence-corrected chi connectivity index (χ0v) is 12.6. The number of halogens is 1. The van der Waals surface area contributed by atoms with Crippen molar-refractivity contribution in [1.29, 1.82) is 0 Å². The van der Waals surface area contributed by atoms with Crippen molar-refractivity contribution in [2.24, 2.45) is 0 Å². The molecule has 0 bridgehead atoms. The Morgan fingerprint density at radius 2 is 1.84 bits per heavy atom. The SMILES string of the molecule is Cc1cc(OCCCN2CCNCC2)cc(C)c1Cl. The summed E-state index contributed by atoms with van der Waals surface area (Å²) in [5.74, 6) is 0.930. The Hall–Kier alpha value is -0.770. The fourth-order valence-corrected chi connectivity index (χ4v) is 2.51. The molecule has 0 atom stereocenters. The summed E-state index contributed by atoms with van der Waals surface area (Å²) in [5, 5.41) is 4.20. The number of nitrogens with zero attached hydrogens (tertiary/aromatic N) is 1. The number of rotatable bonds is 5. The largest absolute Gasteiger partial charge is 0.494 e. The van der Waals surface area contributed by atoms with E-state index in [4.69, 9.17) is 16.3 Å². The molecule has 1 aromatic rings. The van der Waals surface area contributed by atoms with Gasteiger partial charge in [-0.2, -0.15) is 0 Å². The molecule has 2 rings (SSSR count). The van der Waals surface area contributed by atoms with Crippen molar-refractivity contribution >= 4 is 11.6 Å². The van der Waals surface area contributed by atoms with Crippen molar-refractivity contribution < 1.29 is 4.74 Å². The van der Waals surface area contributed by atoms with Crippen LogP contribution in [0.3, 0.4) is 0 Å². The first kappa shape index (κ1) is 14.6. The smallest absolute Gasteiger partial charge is 0.119 e. The molecule has 0 radical (unpaired) electrons. The lowest BCUT2D eigenvalue weighted by Crippen LogP contribution is -2.43. The standard InChI is InChI=1S/C15H23ClN2O/c1-12-10-14(11-13(2)15(12)16)19-9-3-6-18-7-4-17-5-8-18/h10-11,17H,3-9H2,1-2H3. The van der Waals surface area contributed by atoms with Gasteiger partial charge < -0.3 is 15.0 Å². The molecule has 1 aliphatic rings. The van der Waals surface area contributed by atoms with Crippen LogP contribution in [0.4, 0.5) is 0 Å². The third kappa shape index (κ3) is 4.37. The van der Waals surface area contributed by atoms with Crippen LogP contribution < -0.4 is 10.1 Å². The molecule has 106 valence electrons. The van der Waals surface area contributed by atoms with Crippen LogP contribution >= 0.6 is 11.6 Å². The second-order valence-corrected chi connectivity index (χ2v) is 5.54. The Bertz CT molecular complexity index is 394. The second-order valence-electron chi connectivity index (χ2n) is 5.16. The molecular formula is C15H23ClN2O. The average Bonchev–Trinajstić information content (AvgIpc) is 2.42. The molecule has 1 N–H and O–H groups in total. The number of benzene rings is 1. The molecule has 1 aliphatic heterocycles. The van der Waals surface area contributed by atoms with Gasteiger partial charge in [-0.1, -0.05) is 11.6 Å². The predicted octanol–water partition coefficient (Wildman–Crippen LogP) is 2.63. The summed E-state index contributed by atoms with van der Waals surface area (Å²) in [5.41, 5.74) is 2.16. The minimum atomic E-state index is 0.768. The highest BCUT2D eigenvalue weighted by atomic mass is 35.5. The molecule has 1 fully saturated rings. The van der Waals surface area contributed by atoms with Crippen molar-refractivity contribution in [3.63, 3.8) is 0 Å². The number of hydrogen-bond donors (Lipinski definition) is 1. The molecule has 0 aliphatic carbocycles. The highest BCUT2D eigenvalue weighted by Crippen LogP contribution is 2.25. The molecule has 1 aromatic carbocycles. The molecule has 0 spiro atoms. The van der Waals surface area contributed by atoms with Gasteiger partial charge in [0.1, 0.15) is 5.75 Å². The number of ether oxygens (including phenoxy) is 1. The number of nitrogens with one attached hydrogen (secondary N) is 1. The minimum Gasteiger partial charge on any atom is -0.494 e. The van der Waals surface area contributed by atoms with Crippen molar-refractivity contribution in [3.8, 4) is 5.75 Å². The van der Waals surface area contributed by atoms with Crippen LogP contribution in [0.25, 0.3) is 0 Å². The van der Waals surface area contributed by atoms with Crippen LogP contribution in [0.2, 0.25) is 5.02 Å². The van der Waals surface area contributed by atoms with Gasteiger partial charge in [-0.3, -0.25) is 0 Å². The van der Waals surface area contributed by atoms with E-state index in [1.807, 2.05) is 26.0 Å². The van der Waals surface area contributed by atoms with Gasteiger partial charge in [-0.25, -0.2) is 0 Å². The third-order valence-electron chi connectivity index (χ3n) is 3.51. The zero-order chi connectivity index (χ0) is 13.7. The maximum absolute atomic E-state index is 6.14. The Morgan fingerprint density at radius 1 is 1.21 bits per heavy atom. The fourth-order valence-electron chi connectivity index (χ4n) is 2.40. The lowest BCUT2D eigenvalue weighted by Gasteiger charge is -2.27. The van der Waals surface area contributed by atoms with E-state index in [1.165, 1.54) is 0 Å². The summed E-state index contributed by atoms with van der Waals surface area (Å²) in [7, 11) is 0. The van der Waals surface area contributed by atoms with E-state index >= 15 is 0 Å². The molecule has 3 nitrogen and oxygen atoms in total. The summed E-state index contributed by atoms with van der Waals surface area (Å²) >= 11 is 6.14. The predicted molar refractivity (Wildman–Crippen MR) is 80.3 cm³/mol. The number of hydrogen-bond acceptors (Lipinski definition) is 3. The molecule has 1 heterocycles. The molecular weight excluding hydrogens is 260 g/mol. The first-order valence-corrected chi connectivity index (χ1v) is 7.37. The zero-order valence-electron chi connectivity index (χ0n) is 11.8. The maximum Gasteiger partial charge on any atom is 0.119 e. The summed E-state index contributed by atoms with van der Waals surface area (Å²) in [6.07, 6.45) is 1.07. The van der Waals surface area contributed by atoms with Crippen LogP contribution in [0.15, 0.2) is 12.1 Å². The van der Waals surface area contributed by atoms with E-state index < -0.39 is 0 Å². The van der Waals surface area contributed by atoms with Crippen molar-refractivity contribution in [1.82, 2.24) is 10.2 Å². The lowest BCUT2D eigenvalue weighted by molar-refractivity contribution is 0.214. The van der Waals surface area contributed by atoms with Gasteiger partial charge in [0.15, 0.2) is 0 Å². The molecule has 19 heavy (non-hydrogen) atoms. The topological polar surface area (TPSA) is 24.5 Å². The minimum absolute atomic E-state index is 0.768.